The summed E-state index contributed by atoms with van der Waals surface area (Å²) in [6.07, 6.45) is 1.67. The smallest absolute Gasteiger partial charge is 0.222 e. The van der Waals surface area contributed by atoms with Crippen LogP contribution in [0.5, 0.6) is 0 Å². The van der Waals surface area contributed by atoms with Crippen molar-refractivity contribution in [1.82, 2.24) is 19.8 Å². The zero-order valence-electron chi connectivity index (χ0n) is 11.5. The Morgan fingerprint density at radius 2 is 2.29 bits per heavy atom. The van der Waals surface area contributed by atoms with Crippen LogP contribution >= 0.6 is 22.9 Å². The summed E-state index contributed by atoms with van der Waals surface area (Å²) >= 11 is 7.80. The van der Waals surface area contributed by atoms with Gasteiger partial charge in [-0.1, -0.05) is 11.6 Å². The van der Waals surface area contributed by atoms with Crippen LogP contribution in [0.3, 0.4) is 0 Å². The van der Waals surface area contributed by atoms with Crippen molar-refractivity contribution < 1.29 is 4.79 Å². The van der Waals surface area contributed by atoms with Gasteiger partial charge in [0.05, 0.1) is 6.54 Å². The number of thiophene rings is 1. The van der Waals surface area contributed by atoms with Gasteiger partial charge in [-0.2, -0.15) is 0 Å². The van der Waals surface area contributed by atoms with Crippen molar-refractivity contribution >= 4 is 39.1 Å². The average molecular weight is 323 g/mol. The van der Waals surface area contributed by atoms with E-state index < -0.39 is 0 Å². The van der Waals surface area contributed by atoms with Crippen LogP contribution in [0, 0.1) is 0 Å². The van der Waals surface area contributed by atoms with Gasteiger partial charge in [0.2, 0.25) is 5.91 Å². The number of hydrogen-bond acceptors (Lipinski definition) is 5. The SMILES string of the molecule is O=C1CCC2CN(Cc3nc(Cl)c4ccsc4n3)CCN12. The summed E-state index contributed by atoms with van der Waals surface area (Å²) in [5.74, 6) is 1.08. The Balaban J connectivity index is 1.51. The summed E-state index contributed by atoms with van der Waals surface area (Å²) in [5, 5.41) is 3.44. The molecule has 4 heterocycles. The van der Waals surface area contributed by atoms with Gasteiger partial charge in [-0.15, -0.1) is 11.3 Å². The van der Waals surface area contributed by atoms with E-state index in [1.165, 1.54) is 0 Å². The summed E-state index contributed by atoms with van der Waals surface area (Å²) in [7, 11) is 0. The molecule has 5 nitrogen and oxygen atoms in total. The number of carbonyl (C=O) groups is 1. The summed E-state index contributed by atoms with van der Waals surface area (Å²) in [5.41, 5.74) is 0. The van der Waals surface area contributed by atoms with Gasteiger partial charge in [0.15, 0.2) is 0 Å². The molecular weight excluding hydrogens is 308 g/mol. The van der Waals surface area contributed by atoms with E-state index in [4.69, 9.17) is 11.6 Å². The van der Waals surface area contributed by atoms with Crippen LogP contribution in [0.2, 0.25) is 5.15 Å². The topological polar surface area (TPSA) is 49.3 Å². The Morgan fingerprint density at radius 3 is 3.19 bits per heavy atom. The minimum Gasteiger partial charge on any atom is -0.337 e. The molecule has 0 bridgehead atoms. The van der Waals surface area contributed by atoms with Gasteiger partial charge in [-0.25, -0.2) is 9.97 Å². The molecule has 0 N–H and O–H groups in total. The third-order valence-corrected chi connectivity index (χ3v) is 5.36. The van der Waals surface area contributed by atoms with Crippen molar-refractivity contribution in [2.75, 3.05) is 19.6 Å². The molecule has 2 aliphatic rings. The molecule has 2 fully saturated rings. The zero-order chi connectivity index (χ0) is 14.4. The fraction of sp³-hybridized carbons (Fsp3) is 0.500. The molecule has 0 spiro atoms. The van der Waals surface area contributed by atoms with E-state index in [2.05, 4.69) is 14.9 Å². The molecule has 2 aliphatic heterocycles. The lowest BCUT2D eigenvalue weighted by atomic mass is 10.1. The number of amides is 1. The van der Waals surface area contributed by atoms with Crippen LogP contribution in [-0.2, 0) is 11.3 Å². The maximum Gasteiger partial charge on any atom is 0.222 e. The van der Waals surface area contributed by atoms with Crippen LogP contribution in [0.1, 0.15) is 18.7 Å². The fourth-order valence-corrected chi connectivity index (χ4v) is 4.29. The molecule has 1 amide bonds. The molecule has 2 aromatic rings. The molecule has 2 saturated heterocycles. The number of nitrogens with zero attached hydrogens (tertiary/aromatic N) is 4. The largest absolute Gasteiger partial charge is 0.337 e. The highest BCUT2D eigenvalue weighted by Gasteiger charge is 2.35. The highest BCUT2D eigenvalue weighted by atomic mass is 35.5. The van der Waals surface area contributed by atoms with E-state index in [0.717, 1.165) is 42.1 Å². The lowest BCUT2D eigenvalue weighted by Crippen LogP contribution is -2.51. The minimum atomic E-state index is 0.305. The van der Waals surface area contributed by atoms with Crippen molar-refractivity contribution in [3.63, 3.8) is 0 Å². The van der Waals surface area contributed by atoms with Gasteiger partial charge in [-0.3, -0.25) is 9.69 Å². The molecule has 7 heteroatoms. The lowest BCUT2D eigenvalue weighted by molar-refractivity contribution is -0.130. The minimum absolute atomic E-state index is 0.305. The Morgan fingerprint density at radius 1 is 1.38 bits per heavy atom. The summed E-state index contributed by atoms with van der Waals surface area (Å²) in [6.45, 7) is 3.31. The maximum absolute atomic E-state index is 11.7. The van der Waals surface area contributed by atoms with E-state index >= 15 is 0 Å². The van der Waals surface area contributed by atoms with Gasteiger partial charge in [0.25, 0.3) is 0 Å². The van der Waals surface area contributed by atoms with Crippen molar-refractivity contribution in [3.05, 3.63) is 22.4 Å². The molecule has 1 atom stereocenters. The highest BCUT2D eigenvalue weighted by Crippen LogP contribution is 2.26. The first-order valence-corrected chi connectivity index (χ1v) is 8.38. The van der Waals surface area contributed by atoms with Crippen LogP contribution in [0.15, 0.2) is 11.4 Å². The normalized spacial score (nSPS) is 23.0. The predicted octanol–water partition coefficient (Wildman–Crippen LogP) is 2.15. The molecule has 0 saturated carbocycles. The first-order valence-electron chi connectivity index (χ1n) is 7.12. The van der Waals surface area contributed by atoms with Gasteiger partial charge in [-0.05, 0) is 17.9 Å². The lowest BCUT2D eigenvalue weighted by Gasteiger charge is -2.37. The summed E-state index contributed by atoms with van der Waals surface area (Å²) in [6, 6.07) is 2.32. The monoisotopic (exact) mass is 322 g/mol. The second-order valence-corrected chi connectivity index (χ2v) is 6.84. The summed E-state index contributed by atoms with van der Waals surface area (Å²) in [4.78, 5) is 26.0. The Hall–Kier alpha value is -1.24. The van der Waals surface area contributed by atoms with Crippen molar-refractivity contribution in [3.8, 4) is 0 Å². The first kappa shape index (κ1) is 13.4. The third kappa shape index (κ3) is 2.41. The molecule has 0 aliphatic carbocycles. The molecule has 4 rings (SSSR count). The van der Waals surface area contributed by atoms with Crippen LogP contribution in [0.4, 0.5) is 0 Å². The third-order valence-electron chi connectivity index (χ3n) is 4.27. The van der Waals surface area contributed by atoms with Crippen LogP contribution in [-0.4, -0.2) is 51.4 Å². The Bertz CT molecular complexity index is 703. The van der Waals surface area contributed by atoms with E-state index in [1.54, 1.807) is 11.3 Å². The second kappa shape index (κ2) is 5.19. The van der Waals surface area contributed by atoms with Crippen molar-refractivity contribution in [1.29, 1.82) is 0 Å². The number of carbonyl (C=O) groups excluding carboxylic acids is 1. The molecule has 21 heavy (non-hydrogen) atoms. The molecule has 0 radical (unpaired) electrons. The molecule has 110 valence electrons. The van der Waals surface area contributed by atoms with Crippen molar-refractivity contribution in [2.45, 2.75) is 25.4 Å². The quantitative estimate of drug-likeness (QED) is 0.795. The molecule has 2 aromatic heterocycles. The Kier molecular flexibility index (Phi) is 3.32. The van der Waals surface area contributed by atoms with Crippen LogP contribution in [0.25, 0.3) is 10.2 Å². The number of aromatic nitrogens is 2. The number of halogens is 1. The number of piperazine rings is 1. The molecular formula is C14H15ClN4OS. The number of fused-ring (bicyclic) bond motifs is 2. The van der Waals surface area contributed by atoms with Gasteiger partial charge in [0.1, 0.15) is 15.8 Å². The summed E-state index contributed by atoms with van der Waals surface area (Å²) < 4.78 is 0. The van der Waals surface area contributed by atoms with E-state index in [-0.39, 0.29) is 0 Å². The molecule has 0 aromatic carbocycles. The standard InChI is InChI=1S/C14H15ClN4OS/c15-13-10-3-6-21-14(10)17-11(16-13)8-18-4-5-19-9(7-18)1-2-12(19)20/h3,6,9H,1-2,4-5,7-8H2. The second-order valence-electron chi connectivity index (χ2n) is 5.58. The van der Waals surface area contributed by atoms with Crippen molar-refractivity contribution in [2.24, 2.45) is 0 Å². The van der Waals surface area contributed by atoms with Gasteiger partial charge in [0, 0.05) is 37.5 Å². The van der Waals surface area contributed by atoms with E-state index in [9.17, 15) is 4.79 Å². The fourth-order valence-electron chi connectivity index (χ4n) is 3.20. The highest BCUT2D eigenvalue weighted by molar-refractivity contribution is 7.16. The predicted molar refractivity (Wildman–Crippen MR) is 82.4 cm³/mol. The van der Waals surface area contributed by atoms with Gasteiger partial charge < -0.3 is 4.90 Å². The van der Waals surface area contributed by atoms with Crippen LogP contribution < -0.4 is 0 Å². The Labute approximate surface area is 131 Å². The van der Waals surface area contributed by atoms with E-state index in [1.807, 2.05) is 16.3 Å². The number of hydrogen-bond donors (Lipinski definition) is 0. The molecule has 1 unspecified atom stereocenters. The number of rotatable bonds is 2. The van der Waals surface area contributed by atoms with Gasteiger partial charge >= 0.3 is 0 Å². The zero-order valence-corrected chi connectivity index (χ0v) is 13.0. The van der Waals surface area contributed by atoms with E-state index in [0.29, 0.717) is 30.1 Å². The average Bonchev–Trinajstić information content (AvgIpc) is 3.06. The first-order chi connectivity index (χ1) is 10.2. The maximum atomic E-state index is 11.7.